The van der Waals surface area contributed by atoms with Crippen LogP contribution in [-0.4, -0.2) is 6.54 Å². The maximum Gasteiger partial charge on any atom is 0.0455 e. The van der Waals surface area contributed by atoms with Crippen molar-refractivity contribution in [2.45, 2.75) is 13.0 Å². The van der Waals surface area contributed by atoms with Crippen LogP contribution in [0.15, 0.2) is 42.5 Å². The van der Waals surface area contributed by atoms with E-state index in [4.69, 9.17) is 17.3 Å². The van der Waals surface area contributed by atoms with Gasteiger partial charge in [-0.05, 0) is 41.8 Å². The summed E-state index contributed by atoms with van der Waals surface area (Å²) in [6, 6.07) is 14.2. The first-order valence-corrected chi connectivity index (χ1v) is 6.48. The molecule has 0 spiro atoms. The molecule has 2 nitrogen and oxygen atoms in total. The monoisotopic (exact) mass is 258 g/mol. The van der Waals surface area contributed by atoms with E-state index in [1.165, 1.54) is 16.8 Å². The highest BCUT2D eigenvalue weighted by Gasteiger charge is 2.19. The first-order valence-electron chi connectivity index (χ1n) is 6.11. The molecule has 1 heterocycles. The van der Waals surface area contributed by atoms with Crippen LogP contribution >= 0.6 is 11.6 Å². The van der Waals surface area contributed by atoms with E-state index < -0.39 is 0 Å². The van der Waals surface area contributed by atoms with Crippen LogP contribution in [0.2, 0.25) is 5.02 Å². The molecule has 2 N–H and O–H groups in total. The Morgan fingerprint density at radius 1 is 1.17 bits per heavy atom. The zero-order chi connectivity index (χ0) is 12.5. The molecule has 3 heteroatoms. The molecule has 0 bridgehead atoms. The van der Waals surface area contributed by atoms with Gasteiger partial charge in [-0.25, -0.2) is 0 Å². The molecule has 0 unspecified atom stereocenters. The van der Waals surface area contributed by atoms with Gasteiger partial charge in [-0.2, -0.15) is 0 Å². The number of nitrogens with two attached hydrogens (primary N) is 1. The van der Waals surface area contributed by atoms with Crippen LogP contribution in [-0.2, 0) is 13.0 Å². The van der Waals surface area contributed by atoms with Gasteiger partial charge in [0.05, 0.1) is 0 Å². The number of halogens is 1. The molecule has 0 amide bonds. The van der Waals surface area contributed by atoms with E-state index in [1.54, 1.807) is 0 Å². The summed E-state index contributed by atoms with van der Waals surface area (Å²) in [6.45, 7) is 1.89. The van der Waals surface area contributed by atoms with Crippen LogP contribution in [0.1, 0.15) is 11.1 Å². The third kappa shape index (κ3) is 2.04. The van der Waals surface area contributed by atoms with Crippen LogP contribution in [0.25, 0.3) is 0 Å². The molecular formula is C15H15ClN2. The summed E-state index contributed by atoms with van der Waals surface area (Å²) in [5, 5.41) is 0.835. The predicted molar refractivity (Wildman–Crippen MR) is 77.1 cm³/mol. The Kier molecular flexibility index (Phi) is 2.88. The lowest BCUT2D eigenvalue weighted by Gasteiger charge is -2.20. The van der Waals surface area contributed by atoms with Crippen molar-refractivity contribution in [3.05, 3.63) is 58.6 Å². The van der Waals surface area contributed by atoms with Gasteiger partial charge < -0.3 is 10.6 Å². The average molecular weight is 259 g/mol. The lowest BCUT2D eigenvalue weighted by Crippen LogP contribution is -2.19. The maximum absolute atomic E-state index is 6.21. The van der Waals surface area contributed by atoms with Crippen molar-refractivity contribution in [3.63, 3.8) is 0 Å². The minimum atomic E-state index is 0.835. The molecule has 18 heavy (non-hydrogen) atoms. The lowest BCUT2D eigenvalue weighted by atomic mass is 10.1. The Morgan fingerprint density at radius 2 is 2.00 bits per heavy atom. The van der Waals surface area contributed by atoms with Gasteiger partial charge in [-0.15, -0.1) is 0 Å². The van der Waals surface area contributed by atoms with E-state index in [2.05, 4.69) is 23.1 Å². The molecule has 2 aromatic rings. The van der Waals surface area contributed by atoms with Crippen LogP contribution in [0.4, 0.5) is 11.4 Å². The van der Waals surface area contributed by atoms with E-state index in [0.717, 1.165) is 30.2 Å². The predicted octanol–water partition coefficient (Wildman–Crippen LogP) is 3.48. The molecule has 1 aliphatic heterocycles. The maximum atomic E-state index is 6.21. The number of fused-ring (bicyclic) bond motifs is 1. The second-order valence-corrected chi connectivity index (χ2v) is 5.06. The number of nitrogen functional groups attached to an aromatic ring is 1. The van der Waals surface area contributed by atoms with Gasteiger partial charge in [0.2, 0.25) is 0 Å². The smallest absolute Gasteiger partial charge is 0.0455 e. The van der Waals surface area contributed by atoms with E-state index >= 15 is 0 Å². The Hall–Kier alpha value is -1.67. The van der Waals surface area contributed by atoms with Gasteiger partial charge in [-0.3, -0.25) is 0 Å². The Labute approximate surface area is 112 Å². The number of rotatable bonds is 2. The van der Waals surface area contributed by atoms with Gasteiger partial charge in [-0.1, -0.05) is 29.8 Å². The Morgan fingerprint density at radius 3 is 2.83 bits per heavy atom. The minimum Gasteiger partial charge on any atom is -0.399 e. The minimum absolute atomic E-state index is 0.835. The fourth-order valence-corrected chi connectivity index (χ4v) is 2.68. The summed E-state index contributed by atoms with van der Waals surface area (Å²) >= 11 is 6.21. The Balaban J connectivity index is 1.87. The summed E-state index contributed by atoms with van der Waals surface area (Å²) in [6.07, 6.45) is 1.06. The lowest BCUT2D eigenvalue weighted by molar-refractivity contribution is 0.836. The molecule has 0 saturated heterocycles. The number of benzene rings is 2. The SMILES string of the molecule is Nc1ccc2c(c1)CCN2Cc1ccccc1Cl. The summed E-state index contributed by atoms with van der Waals surface area (Å²) < 4.78 is 0. The van der Waals surface area contributed by atoms with E-state index in [0.29, 0.717) is 0 Å². The fourth-order valence-electron chi connectivity index (χ4n) is 2.49. The molecule has 2 aromatic carbocycles. The van der Waals surface area contributed by atoms with Gasteiger partial charge in [0.1, 0.15) is 0 Å². The number of hydrogen-bond acceptors (Lipinski definition) is 2. The largest absolute Gasteiger partial charge is 0.399 e. The number of nitrogens with zero attached hydrogens (tertiary/aromatic N) is 1. The molecule has 0 radical (unpaired) electrons. The fraction of sp³-hybridized carbons (Fsp3) is 0.200. The summed E-state index contributed by atoms with van der Waals surface area (Å²) in [5.41, 5.74) is 10.4. The topological polar surface area (TPSA) is 29.3 Å². The quantitative estimate of drug-likeness (QED) is 0.836. The molecule has 0 atom stereocenters. The third-order valence-electron chi connectivity index (χ3n) is 3.41. The Bertz CT molecular complexity index is 580. The van der Waals surface area contributed by atoms with Crippen molar-refractivity contribution in [3.8, 4) is 0 Å². The molecule has 0 aromatic heterocycles. The van der Waals surface area contributed by atoms with E-state index in [9.17, 15) is 0 Å². The van der Waals surface area contributed by atoms with Crippen molar-refractivity contribution in [1.82, 2.24) is 0 Å². The molecule has 3 rings (SSSR count). The van der Waals surface area contributed by atoms with Crippen LogP contribution < -0.4 is 10.6 Å². The zero-order valence-electron chi connectivity index (χ0n) is 10.1. The number of anilines is 2. The highest BCUT2D eigenvalue weighted by molar-refractivity contribution is 6.31. The number of hydrogen-bond donors (Lipinski definition) is 1. The molecule has 0 aliphatic carbocycles. The van der Waals surface area contributed by atoms with Crippen molar-refractivity contribution in [1.29, 1.82) is 0 Å². The standard InChI is InChI=1S/C15H15ClN2/c16-14-4-2-1-3-12(14)10-18-8-7-11-9-13(17)5-6-15(11)18/h1-6,9H,7-8,10,17H2. The van der Waals surface area contributed by atoms with Crippen molar-refractivity contribution in [2.75, 3.05) is 17.2 Å². The second kappa shape index (κ2) is 4.54. The average Bonchev–Trinajstić information content (AvgIpc) is 2.74. The van der Waals surface area contributed by atoms with E-state index in [-0.39, 0.29) is 0 Å². The first-order chi connectivity index (χ1) is 8.74. The zero-order valence-corrected chi connectivity index (χ0v) is 10.8. The second-order valence-electron chi connectivity index (χ2n) is 4.65. The highest BCUT2D eigenvalue weighted by atomic mass is 35.5. The summed E-state index contributed by atoms with van der Waals surface area (Å²) in [7, 11) is 0. The molecular weight excluding hydrogens is 244 g/mol. The van der Waals surface area contributed by atoms with Crippen LogP contribution in [0.3, 0.4) is 0 Å². The van der Waals surface area contributed by atoms with Crippen molar-refractivity contribution in [2.24, 2.45) is 0 Å². The third-order valence-corrected chi connectivity index (χ3v) is 3.78. The van der Waals surface area contributed by atoms with Crippen LogP contribution in [0, 0.1) is 0 Å². The molecule has 92 valence electrons. The first kappa shape index (κ1) is 11.4. The highest BCUT2D eigenvalue weighted by Crippen LogP contribution is 2.31. The molecule has 0 saturated carbocycles. The van der Waals surface area contributed by atoms with Gasteiger partial charge in [0, 0.05) is 29.5 Å². The summed E-state index contributed by atoms with van der Waals surface area (Å²) in [4.78, 5) is 2.36. The van der Waals surface area contributed by atoms with E-state index in [1.807, 2.05) is 24.3 Å². The van der Waals surface area contributed by atoms with Gasteiger partial charge >= 0.3 is 0 Å². The van der Waals surface area contributed by atoms with Gasteiger partial charge in [0.25, 0.3) is 0 Å². The van der Waals surface area contributed by atoms with Crippen molar-refractivity contribution < 1.29 is 0 Å². The molecule has 0 fully saturated rings. The summed E-state index contributed by atoms with van der Waals surface area (Å²) in [5.74, 6) is 0. The normalized spacial score (nSPS) is 13.7. The van der Waals surface area contributed by atoms with Crippen LogP contribution in [0.5, 0.6) is 0 Å². The molecule has 1 aliphatic rings. The van der Waals surface area contributed by atoms with Crippen molar-refractivity contribution >= 4 is 23.0 Å². The van der Waals surface area contributed by atoms with Gasteiger partial charge in [0.15, 0.2) is 0 Å².